The summed E-state index contributed by atoms with van der Waals surface area (Å²) in [7, 11) is -3.62. The summed E-state index contributed by atoms with van der Waals surface area (Å²) in [6.45, 7) is 1.85. The van der Waals surface area contributed by atoms with Gasteiger partial charge < -0.3 is 4.42 Å². The van der Waals surface area contributed by atoms with Crippen LogP contribution in [0.25, 0.3) is 11.1 Å². The van der Waals surface area contributed by atoms with Gasteiger partial charge in [0.15, 0.2) is 11.5 Å². The first-order valence-corrected chi connectivity index (χ1v) is 7.80. The number of nitrogens with one attached hydrogen (secondary N) is 1. The number of aromatic nitrogens is 2. The Labute approximate surface area is 121 Å². The molecule has 0 aliphatic carbocycles. The van der Waals surface area contributed by atoms with Crippen LogP contribution in [-0.2, 0) is 16.6 Å². The van der Waals surface area contributed by atoms with Gasteiger partial charge in [0.2, 0.25) is 10.0 Å². The van der Waals surface area contributed by atoms with Gasteiger partial charge in [0, 0.05) is 19.2 Å². The number of hydrogen-bond donors (Lipinski definition) is 1. The van der Waals surface area contributed by atoms with E-state index in [-0.39, 0.29) is 11.4 Å². The maximum Gasteiger partial charge on any atom is 0.241 e. The van der Waals surface area contributed by atoms with Gasteiger partial charge in [0.25, 0.3) is 0 Å². The molecule has 21 heavy (non-hydrogen) atoms. The Morgan fingerprint density at radius 3 is 2.86 bits per heavy atom. The SMILES string of the molecule is Cc1nc2ccc(S(=O)(=O)NCc3ccccn3)cc2o1. The summed E-state index contributed by atoms with van der Waals surface area (Å²) in [4.78, 5) is 8.35. The summed E-state index contributed by atoms with van der Waals surface area (Å²) in [6.07, 6.45) is 1.62. The molecule has 0 aliphatic rings. The molecule has 108 valence electrons. The van der Waals surface area contributed by atoms with E-state index in [1.807, 2.05) is 0 Å². The second-order valence-corrected chi connectivity index (χ2v) is 6.27. The predicted octanol–water partition coefficient (Wildman–Crippen LogP) is 2.01. The zero-order valence-corrected chi connectivity index (χ0v) is 12.1. The van der Waals surface area contributed by atoms with E-state index in [1.54, 1.807) is 37.4 Å². The van der Waals surface area contributed by atoms with Gasteiger partial charge >= 0.3 is 0 Å². The Kier molecular flexibility index (Phi) is 3.44. The summed E-state index contributed by atoms with van der Waals surface area (Å²) in [6, 6.07) is 9.94. The molecule has 1 N–H and O–H groups in total. The van der Waals surface area contributed by atoms with Crippen LogP contribution in [0.2, 0.25) is 0 Å². The normalized spacial score (nSPS) is 11.9. The fraction of sp³-hybridized carbons (Fsp3) is 0.143. The molecule has 7 heteroatoms. The molecule has 0 atom stereocenters. The summed E-state index contributed by atoms with van der Waals surface area (Å²) in [5, 5.41) is 0. The third-order valence-corrected chi connectivity index (χ3v) is 4.35. The molecular formula is C14H13N3O3S. The van der Waals surface area contributed by atoms with E-state index in [1.165, 1.54) is 12.1 Å². The lowest BCUT2D eigenvalue weighted by molar-refractivity contribution is 0.558. The van der Waals surface area contributed by atoms with E-state index < -0.39 is 10.0 Å². The Morgan fingerprint density at radius 1 is 1.24 bits per heavy atom. The van der Waals surface area contributed by atoms with Gasteiger partial charge in [-0.25, -0.2) is 18.1 Å². The van der Waals surface area contributed by atoms with Crippen molar-refractivity contribution in [3.8, 4) is 0 Å². The molecule has 0 fully saturated rings. The van der Waals surface area contributed by atoms with E-state index in [0.717, 1.165) is 0 Å². The molecule has 3 aromatic rings. The van der Waals surface area contributed by atoms with Crippen LogP contribution >= 0.6 is 0 Å². The van der Waals surface area contributed by atoms with Crippen molar-refractivity contribution < 1.29 is 12.8 Å². The van der Waals surface area contributed by atoms with Crippen molar-refractivity contribution in [2.45, 2.75) is 18.4 Å². The second kappa shape index (κ2) is 5.27. The molecule has 0 saturated carbocycles. The van der Waals surface area contributed by atoms with Crippen LogP contribution in [0.15, 0.2) is 51.9 Å². The van der Waals surface area contributed by atoms with Crippen LogP contribution < -0.4 is 4.72 Å². The summed E-state index contributed by atoms with van der Waals surface area (Å²) >= 11 is 0. The van der Waals surface area contributed by atoms with Crippen molar-refractivity contribution in [3.63, 3.8) is 0 Å². The van der Waals surface area contributed by atoms with Gasteiger partial charge in [-0.1, -0.05) is 6.07 Å². The van der Waals surface area contributed by atoms with Gasteiger partial charge in [-0.05, 0) is 24.3 Å². The third-order valence-electron chi connectivity index (χ3n) is 2.95. The maximum atomic E-state index is 12.3. The molecular weight excluding hydrogens is 290 g/mol. The Balaban J connectivity index is 1.85. The number of hydrogen-bond acceptors (Lipinski definition) is 5. The third kappa shape index (κ3) is 2.93. The molecule has 2 heterocycles. The lowest BCUT2D eigenvalue weighted by atomic mass is 10.3. The summed E-state index contributed by atoms with van der Waals surface area (Å²) in [5.41, 5.74) is 1.74. The van der Waals surface area contributed by atoms with Crippen molar-refractivity contribution in [2.75, 3.05) is 0 Å². The highest BCUT2D eigenvalue weighted by Gasteiger charge is 2.16. The molecule has 0 radical (unpaired) electrons. The number of oxazole rings is 1. The second-order valence-electron chi connectivity index (χ2n) is 4.51. The lowest BCUT2D eigenvalue weighted by Crippen LogP contribution is -2.23. The van der Waals surface area contributed by atoms with Crippen LogP contribution in [0.1, 0.15) is 11.6 Å². The topological polar surface area (TPSA) is 85.1 Å². The van der Waals surface area contributed by atoms with E-state index >= 15 is 0 Å². The van der Waals surface area contributed by atoms with Crippen LogP contribution in [0.4, 0.5) is 0 Å². The zero-order valence-electron chi connectivity index (χ0n) is 11.3. The summed E-state index contributed by atoms with van der Waals surface area (Å²) in [5.74, 6) is 0.501. The number of sulfonamides is 1. The van der Waals surface area contributed by atoms with E-state index in [4.69, 9.17) is 4.42 Å². The van der Waals surface area contributed by atoms with Crippen molar-refractivity contribution in [1.82, 2.24) is 14.7 Å². The van der Waals surface area contributed by atoms with Crippen molar-refractivity contribution in [1.29, 1.82) is 0 Å². The fourth-order valence-electron chi connectivity index (χ4n) is 1.94. The highest BCUT2D eigenvalue weighted by molar-refractivity contribution is 7.89. The Morgan fingerprint density at radius 2 is 2.10 bits per heavy atom. The molecule has 1 aromatic carbocycles. The Hall–Kier alpha value is -2.25. The van der Waals surface area contributed by atoms with Crippen LogP contribution in [0, 0.1) is 6.92 Å². The average molecular weight is 303 g/mol. The fourth-order valence-corrected chi connectivity index (χ4v) is 2.96. The van der Waals surface area contributed by atoms with Crippen LogP contribution in [-0.4, -0.2) is 18.4 Å². The molecule has 0 bridgehead atoms. The largest absolute Gasteiger partial charge is 0.441 e. The number of benzene rings is 1. The predicted molar refractivity (Wildman–Crippen MR) is 77.0 cm³/mol. The molecule has 3 rings (SSSR count). The maximum absolute atomic E-state index is 12.3. The molecule has 6 nitrogen and oxygen atoms in total. The van der Waals surface area contributed by atoms with Crippen LogP contribution in [0.3, 0.4) is 0 Å². The number of pyridine rings is 1. The van der Waals surface area contributed by atoms with Crippen molar-refractivity contribution >= 4 is 21.1 Å². The van der Waals surface area contributed by atoms with Crippen molar-refractivity contribution in [2.24, 2.45) is 0 Å². The lowest BCUT2D eigenvalue weighted by Gasteiger charge is -2.06. The average Bonchev–Trinajstić information content (AvgIpc) is 2.85. The molecule has 2 aromatic heterocycles. The monoisotopic (exact) mass is 303 g/mol. The number of nitrogens with zero attached hydrogens (tertiary/aromatic N) is 2. The molecule has 0 amide bonds. The Bertz CT molecular complexity index is 873. The molecule has 0 spiro atoms. The molecule has 0 unspecified atom stereocenters. The van der Waals surface area contributed by atoms with Crippen molar-refractivity contribution in [3.05, 3.63) is 54.2 Å². The number of fused-ring (bicyclic) bond motifs is 1. The van der Waals surface area contributed by atoms with E-state index in [9.17, 15) is 8.42 Å². The highest BCUT2D eigenvalue weighted by Crippen LogP contribution is 2.19. The molecule has 0 saturated heterocycles. The van der Waals surface area contributed by atoms with Gasteiger partial charge in [-0.3, -0.25) is 4.98 Å². The first-order valence-electron chi connectivity index (χ1n) is 6.31. The van der Waals surface area contributed by atoms with Gasteiger partial charge in [-0.15, -0.1) is 0 Å². The van der Waals surface area contributed by atoms with Gasteiger partial charge in [0.05, 0.1) is 17.1 Å². The first kappa shape index (κ1) is 13.7. The smallest absolute Gasteiger partial charge is 0.241 e. The van der Waals surface area contributed by atoms with Crippen LogP contribution in [0.5, 0.6) is 0 Å². The highest BCUT2D eigenvalue weighted by atomic mass is 32.2. The van der Waals surface area contributed by atoms with E-state index in [0.29, 0.717) is 22.7 Å². The number of rotatable bonds is 4. The molecule has 0 aliphatic heterocycles. The quantitative estimate of drug-likeness (QED) is 0.797. The van der Waals surface area contributed by atoms with Gasteiger partial charge in [-0.2, -0.15) is 0 Å². The zero-order chi connectivity index (χ0) is 14.9. The standard InChI is InChI=1S/C14H13N3O3S/c1-10-17-13-6-5-12(8-14(13)20-10)21(18,19)16-9-11-4-2-3-7-15-11/h2-8,16H,9H2,1H3. The number of aryl methyl sites for hydroxylation is 1. The minimum absolute atomic E-state index is 0.136. The summed E-state index contributed by atoms with van der Waals surface area (Å²) < 4.78 is 32.4. The van der Waals surface area contributed by atoms with Gasteiger partial charge in [0.1, 0.15) is 5.52 Å². The van der Waals surface area contributed by atoms with E-state index in [2.05, 4.69) is 14.7 Å². The minimum Gasteiger partial charge on any atom is -0.441 e. The minimum atomic E-state index is -3.62. The first-order chi connectivity index (χ1) is 10.0.